The number of Topliss-reactive ketones (excluding diaryl/α,β-unsaturated/α-hetero) is 2. The molecule has 2 fully saturated rings. The minimum absolute atomic E-state index is 0.138. The normalized spacial score (nSPS) is 38.5. The molecule has 0 radical (unpaired) electrons. The first-order valence-corrected chi connectivity index (χ1v) is 8.84. The first-order valence-electron chi connectivity index (χ1n) is 8.84. The minimum atomic E-state index is -0.397. The van der Waals surface area contributed by atoms with Crippen LogP contribution in [-0.4, -0.2) is 37.4 Å². The van der Waals surface area contributed by atoms with E-state index in [0.29, 0.717) is 37.2 Å². The molecule has 6 heteroatoms. The number of hydrogen-bond donors (Lipinski definition) is 0. The van der Waals surface area contributed by atoms with E-state index < -0.39 is 12.6 Å². The zero-order valence-electron chi connectivity index (χ0n) is 13.4. The van der Waals surface area contributed by atoms with E-state index in [1.807, 2.05) is 0 Å². The number of fused-ring (bicyclic) bond motifs is 2. The molecule has 5 rings (SSSR count). The maximum Gasteiger partial charge on any atom is 0.227 e. The summed E-state index contributed by atoms with van der Waals surface area (Å²) < 4.78 is 23.0. The molecule has 0 aromatic heterocycles. The molecule has 1 aliphatic carbocycles. The third kappa shape index (κ3) is 2.09. The van der Waals surface area contributed by atoms with E-state index in [-0.39, 0.29) is 34.9 Å². The number of carbonyl (C=O) groups is 2. The highest BCUT2D eigenvalue weighted by Gasteiger charge is 2.48. The first kappa shape index (κ1) is 14.7. The molecule has 6 nitrogen and oxygen atoms in total. The predicted molar refractivity (Wildman–Crippen MR) is 80.4 cm³/mol. The molecular weight excluding hydrogens is 312 g/mol. The van der Waals surface area contributed by atoms with E-state index in [2.05, 4.69) is 0 Å². The Morgan fingerprint density at radius 3 is 1.62 bits per heavy atom. The van der Waals surface area contributed by atoms with Gasteiger partial charge in [0.2, 0.25) is 24.1 Å². The number of hydrogen-bond acceptors (Lipinski definition) is 6. The van der Waals surface area contributed by atoms with Gasteiger partial charge in [-0.25, -0.2) is 0 Å². The lowest BCUT2D eigenvalue weighted by Gasteiger charge is -2.42. The molecule has 0 spiro atoms. The maximum atomic E-state index is 12.9. The SMILES string of the molecule is O=C1C2=C(O[C@@H]3OCCC[C@@H]3C2)C(=O)C2=C1O[C@@H]1OCCC[C@@H]1C2. The van der Waals surface area contributed by atoms with Crippen LogP contribution in [0.1, 0.15) is 38.5 Å². The Hall–Kier alpha value is -1.66. The van der Waals surface area contributed by atoms with Gasteiger partial charge < -0.3 is 18.9 Å². The standard InChI is InChI=1S/C18H20O6/c19-13-11-7-9-3-1-5-21-17(9)23-15(11)14(20)12-8-10-4-2-6-22-18(10)24-16(12)13/h9-10,17-18H,1-8H2/t9-,10-,17+,18+/m1/s1. The Morgan fingerprint density at radius 2 is 1.17 bits per heavy atom. The van der Waals surface area contributed by atoms with E-state index in [1.165, 1.54) is 0 Å². The van der Waals surface area contributed by atoms with Crippen LogP contribution in [0.3, 0.4) is 0 Å². The molecule has 0 aromatic rings. The summed E-state index contributed by atoms with van der Waals surface area (Å²) in [6, 6.07) is 0. The number of rotatable bonds is 0. The largest absolute Gasteiger partial charge is 0.460 e. The fourth-order valence-electron chi connectivity index (χ4n) is 4.42. The zero-order chi connectivity index (χ0) is 16.3. The van der Waals surface area contributed by atoms with Crippen LogP contribution in [-0.2, 0) is 28.5 Å². The van der Waals surface area contributed by atoms with Gasteiger partial charge in [0.05, 0.1) is 24.4 Å². The second-order valence-corrected chi connectivity index (χ2v) is 7.20. The Bertz CT molecular complexity index is 565. The van der Waals surface area contributed by atoms with E-state index >= 15 is 0 Å². The Kier molecular flexibility index (Phi) is 3.31. The number of ketones is 2. The van der Waals surface area contributed by atoms with Crippen molar-refractivity contribution in [2.24, 2.45) is 11.8 Å². The van der Waals surface area contributed by atoms with E-state index in [1.54, 1.807) is 0 Å². The van der Waals surface area contributed by atoms with Gasteiger partial charge in [-0.15, -0.1) is 0 Å². The molecule has 0 aromatic carbocycles. The smallest absolute Gasteiger partial charge is 0.227 e. The van der Waals surface area contributed by atoms with Gasteiger partial charge in [-0.2, -0.15) is 0 Å². The number of allylic oxidation sites excluding steroid dienone is 2. The van der Waals surface area contributed by atoms with Crippen LogP contribution in [0.2, 0.25) is 0 Å². The van der Waals surface area contributed by atoms with Crippen LogP contribution in [0.5, 0.6) is 0 Å². The first-order chi connectivity index (χ1) is 11.7. The molecule has 0 amide bonds. The molecule has 0 N–H and O–H groups in total. The molecule has 24 heavy (non-hydrogen) atoms. The van der Waals surface area contributed by atoms with Crippen LogP contribution >= 0.6 is 0 Å². The molecule has 4 aliphatic heterocycles. The maximum absolute atomic E-state index is 12.9. The van der Waals surface area contributed by atoms with Crippen LogP contribution < -0.4 is 0 Å². The van der Waals surface area contributed by atoms with Gasteiger partial charge in [0.25, 0.3) is 0 Å². The van der Waals surface area contributed by atoms with Crippen molar-refractivity contribution in [3.8, 4) is 0 Å². The van der Waals surface area contributed by atoms with Crippen LogP contribution in [0.4, 0.5) is 0 Å². The molecule has 4 heterocycles. The van der Waals surface area contributed by atoms with Crippen molar-refractivity contribution in [1.82, 2.24) is 0 Å². The van der Waals surface area contributed by atoms with Gasteiger partial charge in [-0.05, 0) is 38.5 Å². The van der Waals surface area contributed by atoms with Gasteiger partial charge in [-0.1, -0.05) is 0 Å². The molecule has 128 valence electrons. The second kappa shape index (κ2) is 5.43. The lowest BCUT2D eigenvalue weighted by Crippen LogP contribution is -2.44. The fourth-order valence-corrected chi connectivity index (χ4v) is 4.42. The molecule has 4 atom stereocenters. The van der Waals surface area contributed by atoms with Crippen molar-refractivity contribution in [2.45, 2.75) is 51.1 Å². The van der Waals surface area contributed by atoms with Crippen molar-refractivity contribution in [3.05, 3.63) is 22.7 Å². The summed E-state index contributed by atoms with van der Waals surface area (Å²) in [5, 5.41) is 0. The Morgan fingerprint density at radius 1 is 0.708 bits per heavy atom. The second-order valence-electron chi connectivity index (χ2n) is 7.20. The molecule has 5 aliphatic rings. The number of ether oxygens (including phenoxy) is 4. The third-order valence-corrected chi connectivity index (χ3v) is 5.68. The zero-order valence-corrected chi connectivity index (χ0v) is 13.4. The van der Waals surface area contributed by atoms with Crippen LogP contribution in [0.15, 0.2) is 22.7 Å². The summed E-state index contributed by atoms with van der Waals surface area (Å²) in [5.74, 6) is 0.270. The molecule has 0 bridgehead atoms. The minimum Gasteiger partial charge on any atom is -0.460 e. The lowest BCUT2D eigenvalue weighted by atomic mass is 9.79. The van der Waals surface area contributed by atoms with Crippen molar-refractivity contribution in [2.75, 3.05) is 13.2 Å². The van der Waals surface area contributed by atoms with Crippen molar-refractivity contribution in [3.63, 3.8) is 0 Å². The highest BCUT2D eigenvalue weighted by atomic mass is 16.7. The average Bonchev–Trinajstić information content (AvgIpc) is 2.64. The molecular formula is C18H20O6. The van der Waals surface area contributed by atoms with Crippen molar-refractivity contribution < 1.29 is 28.5 Å². The van der Waals surface area contributed by atoms with Gasteiger partial charge >= 0.3 is 0 Å². The van der Waals surface area contributed by atoms with Crippen molar-refractivity contribution in [1.29, 1.82) is 0 Å². The summed E-state index contributed by atoms with van der Waals surface area (Å²) in [6.07, 6.45) is 4.07. The summed E-state index contributed by atoms with van der Waals surface area (Å²) >= 11 is 0. The summed E-state index contributed by atoms with van der Waals surface area (Å²) in [7, 11) is 0. The van der Waals surface area contributed by atoms with Crippen LogP contribution in [0.25, 0.3) is 0 Å². The lowest BCUT2D eigenvalue weighted by molar-refractivity contribution is -0.192. The van der Waals surface area contributed by atoms with E-state index in [9.17, 15) is 9.59 Å². The van der Waals surface area contributed by atoms with E-state index in [0.717, 1.165) is 25.7 Å². The molecule has 0 saturated carbocycles. The predicted octanol–water partition coefficient (Wildman–Crippen LogP) is 1.99. The summed E-state index contributed by atoms with van der Waals surface area (Å²) in [4.78, 5) is 25.8. The van der Waals surface area contributed by atoms with Gasteiger partial charge in [0, 0.05) is 11.8 Å². The Balaban J connectivity index is 1.49. The topological polar surface area (TPSA) is 71.1 Å². The van der Waals surface area contributed by atoms with Gasteiger partial charge in [-0.3, -0.25) is 9.59 Å². The van der Waals surface area contributed by atoms with Crippen molar-refractivity contribution >= 4 is 11.6 Å². The Labute approximate surface area is 139 Å². The third-order valence-electron chi connectivity index (χ3n) is 5.68. The van der Waals surface area contributed by atoms with E-state index in [4.69, 9.17) is 18.9 Å². The quantitative estimate of drug-likeness (QED) is 0.632. The van der Waals surface area contributed by atoms with Gasteiger partial charge in [0.1, 0.15) is 0 Å². The monoisotopic (exact) mass is 332 g/mol. The fraction of sp³-hybridized carbons (Fsp3) is 0.667. The molecule has 2 saturated heterocycles. The summed E-state index contributed by atoms with van der Waals surface area (Å²) in [5.41, 5.74) is 0.916. The summed E-state index contributed by atoms with van der Waals surface area (Å²) in [6.45, 7) is 1.29. The highest BCUT2D eigenvalue weighted by molar-refractivity contribution is 6.23. The highest BCUT2D eigenvalue weighted by Crippen LogP contribution is 2.44. The van der Waals surface area contributed by atoms with Crippen LogP contribution in [0, 0.1) is 11.8 Å². The van der Waals surface area contributed by atoms with Gasteiger partial charge in [0.15, 0.2) is 11.5 Å². The number of carbonyl (C=O) groups excluding carboxylic acids is 2. The average molecular weight is 332 g/mol. The molecule has 0 unspecified atom stereocenters.